The van der Waals surface area contributed by atoms with Gasteiger partial charge in [0.05, 0.1) is 54.1 Å². The minimum atomic E-state index is -1.27. The zero-order valence-electron chi connectivity index (χ0n) is 42.9. The molecule has 0 radical (unpaired) electrons. The summed E-state index contributed by atoms with van der Waals surface area (Å²) in [5.74, 6) is -4.93. The largest absolute Gasteiger partial charge is 0.460 e. The first-order valence-electron chi connectivity index (χ1n) is 25.6. The van der Waals surface area contributed by atoms with E-state index in [4.69, 9.17) is 20.2 Å². The highest BCUT2D eigenvalue weighted by Gasteiger charge is 2.45. The van der Waals surface area contributed by atoms with Crippen LogP contribution >= 0.6 is 0 Å². The van der Waals surface area contributed by atoms with Crippen molar-refractivity contribution >= 4 is 64.6 Å². The fraction of sp³-hybridized carbons (Fsp3) is 0.426. The number of aromatic nitrogens is 2. The summed E-state index contributed by atoms with van der Waals surface area (Å²) in [6, 6.07) is 9.74. The lowest BCUT2D eigenvalue weighted by Gasteiger charge is -2.34. The average Bonchev–Trinajstić information content (AvgIpc) is 4.24. The summed E-state index contributed by atoms with van der Waals surface area (Å²) in [5, 5.41) is 16.5. The number of hydrogen-bond acceptors (Lipinski definition) is 14. The number of carbonyl (C=O) groups excluding carboxylic acids is 9. The van der Waals surface area contributed by atoms with E-state index in [1.54, 1.807) is 42.7 Å². The van der Waals surface area contributed by atoms with Gasteiger partial charge in [0.25, 0.3) is 23.3 Å². The number of fused-ring (bicyclic) bond motifs is 5. The van der Waals surface area contributed by atoms with Gasteiger partial charge < -0.3 is 51.7 Å². The van der Waals surface area contributed by atoms with E-state index >= 15 is 4.39 Å². The summed E-state index contributed by atoms with van der Waals surface area (Å²) >= 11 is 0. The Kier molecular flexibility index (Phi) is 17.0. The van der Waals surface area contributed by atoms with Gasteiger partial charge in [0.15, 0.2) is 0 Å². The molecule has 1 saturated carbocycles. The molecule has 0 spiro atoms. The molecule has 5 heterocycles. The molecule has 0 saturated heterocycles. The number of nitrogens with one attached hydrogen (secondary N) is 6. The third-order valence-electron chi connectivity index (χ3n) is 14.7. The smallest absolute Gasteiger partial charge is 0.313 e. The lowest BCUT2D eigenvalue weighted by molar-refractivity contribution is -0.150. The first-order chi connectivity index (χ1) is 37.0. The Morgan fingerprint density at radius 3 is 2.34 bits per heavy atom. The molecular formula is C54H61FN10O12. The molecule has 8 amide bonds. The predicted molar refractivity (Wildman–Crippen MR) is 274 cm³/mol. The second-order valence-corrected chi connectivity index (χ2v) is 19.3. The Labute approximate surface area is 441 Å². The molecule has 9 rings (SSSR count). The van der Waals surface area contributed by atoms with Gasteiger partial charge in [-0.3, -0.25) is 52.8 Å². The fourth-order valence-electron chi connectivity index (χ4n) is 10.8. The second-order valence-electron chi connectivity index (χ2n) is 19.3. The number of amides is 8. The number of benzene rings is 2. The number of carbonyl (C=O) groups is 9. The Bertz CT molecular complexity index is 3120. The van der Waals surface area contributed by atoms with E-state index in [0.29, 0.717) is 91.5 Å². The van der Waals surface area contributed by atoms with E-state index < -0.39 is 77.4 Å². The lowest BCUT2D eigenvalue weighted by atomic mass is 9.81. The number of nitrogens with zero attached hydrogens (tertiary/aromatic N) is 3. The number of pyridine rings is 2. The molecule has 23 heteroatoms. The Balaban J connectivity index is 0.000000452. The number of likely N-dealkylation sites (N-methyl/N-ethyl adjacent to an activating group) is 1. The van der Waals surface area contributed by atoms with E-state index in [1.165, 1.54) is 6.07 Å². The van der Waals surface area contributed by atoms with Crippen molar-refractivity contribution in [2.45, 2.75) is 115 Å². The van der Waals surface area contributed by atoms with Crippen molar-refractivity contribution in [3.63, 3.8) is 0 Å². The van der Waals surface area contributed by atoms with Crippen molar-refractivity contribution in [3.05, 3.63) is 110 Å². The van der Waals surface area contributed by atoms with Crippen molar-refractivity contribution in [2.24, 2.45) is 5.73 Å². The van der Waals surface area contributed by atoms with Gasteiger partial charge >= 0.3 is 5.97 Å². The summed E-state index contributed by atoms with van der Waals surface area (Å²) in [4.78, 5) is 130. The van der Waals surface area contributed by atoms with E-state index in [0.717, 1.165) is 44.7 Å². The number of rotatable bonds is 19. The summed E-state index contributed by atoms with van der Waals surface area (Å²) < 4.78 is 28.7. The number of nitrogens with two attached hydrogens (primary N) is 1. The molecule has 3 aliphatic heterocycles. The number of cyclic esters (lactones) is 1. The van der Waals surface area contributed by atoms with Crippen LogP contribution in [0.25, 0.3) is 22.3 Å². The van der Waals surface area contributed by atoms with Gasteiger partial charge in [0, 0.05) is 48.7 Å². The molecule has 0 bridgehead atoms. The van der Waals surface area contributed by atoms with Crippen LogP contribution in [-0.2, 0) is 78.6 Å². The maximum atomic E-state index is 15.4. The predicted octanol–water partition coefficient (Wildman–Crippen LogP) is 0.894. The van der Waals surface area contributed by atoms with E-state index in [1.807, 2.05) is 19.1 Å². The second kappa shape index (κ2) is 23.8. The van der Waals surface area contributed by atoms with Gasteiger partial charge in [0.1, 0.15) is 36.8 Å². The molecule has 1 fully saturated rings. The van der Waals surface area contributed by atoms with Crippen LogP contribution in [0.4, 0.5) is 4.39 Å². The van der Waals surface area contributed by atoms with Crippen molar-refractivity contribution in [1.82, 2.24) is 46.4 Å². The topological polar surface area (TPSA) is 308 Å². The summed E-state index contributed by atoms with van der Waals surface area (Å²) in [6.45, 7) is 4.66. The molecule has 22 nitrogen and oxygen atoms in total. The first kappa shape index (κ1) is 55.1. The molecule has 77 heavy (non-hydrogen) atoms. The molecule has 4 aromatic rings. The molecule has 4 unspecified atom stereocenters. The summed E-state index contributed by atoms with van der Waals surface area (Å²) in [5.41, 5.74) is 9.88. The first-order valence-corrected chi connectivity index (χ1v) is 25.6. The number of imide groups is 1. The maximum Gasteiger partial charge on any atom is 0.313 e. The Morgan fingerprint density at radius 1 is 0.935 bits per heavy atom. The normalized spacial score (nSPS) is 18.1. The minimum absolute atomic E-state index is 0.0784. The monoisotopic (exact) mass is 1060 g/mol. The van der Waals surface area contributed by atoms with Crippen LogP contribution in [0.15, 0.2) is 59.4 Å². The number of esters is 1. The molecule has 406 valence electrons. The third-order valence-corrected chi connectivity index (χ3v) is 14.7. The van der Waals surface area contributed by atoms with Crippen LogP contribution in [0.5, 0.6) is 0 Å². The van der Waals surface area contributed by atoms with Gasteiger partial charge in [-0.15, -0.1) is 0 Å². The van der Waals surface area contributed by atoms with E-state index in [9.17, 15) is 47.9 Å². The number of halogens is 1. The van der Waals surface area contributed by atoms with Crippen molar-refractivity contribution in [1.29, 1.82) is 0 Å². The summed E-state index contributed by atoms with van der Waals surface area (Å²) in [6.07, 6.45) is 6.36. The van der Waals surface area contributed by atoms with Gasteiger partial charge in [0.2, 0.25) is 30.0 Å². The number of hydrogen-bond donors (Lipinski definition) is 7. The zero-order valence-corrected chi connectivity index (χ0v) is 42.9. The van der Waals surface area contributed by atoms with Crippen LogP contribution in [0.3, 0.4) is 0 Å². The van der Waals surface area contributed by atoms with Crippen molar-refractivity contribution in [3.8, 4) is 11.4 Å². The number of aryl methyl sites for hydroxylation is 1. The van der Waals surface area contributed by atoms with Crippen LogP contribution in [0.1, 0.15) is 103 Å². The minimum Gasteiger partial charge on any atom is -0.460 e. The maximum absolute atomic E-state index is 15.4. The van der Waals surface area contributed by atoms with Crippen LogP contribution in [-0.4, -0.2) is 119 Å². The zero-order chi connectivity index (χ0) is 55.1. The van der Waals surface area contributed by atoms with Crippen LogP contribution < -0.4 is 43.2 Å². The van der Waals surface area contributed by atoms with E-state index in [-0.39, 0.29) is 56.8 Å². The molecule has 5 aliphatic rings. The molecule has 8 N–H and O–H groups in total. The SMILES string of the molecule is CCC1C(=O)OCc2c1cc1n(c2=O)Cc2c-1nc1cc(F)c(C)c3c1c2C(NC(=O)C1(OCNC(=O)CNC(=O)C(Cc2ccccc2)NC(=O)CNC=O)CCCC1)CC3.CCNC(=O)C(CN)N1C(=O)C=CC1=O. The molecule has 4 atom stereocenters. The van der Waals surface area contributed by atoms with Crippen LogP contribution in [0, 0.1) is 12.7 Å². The Morgan fingerprint density at radius 2 is 1.66 bits per heavy atom. The molecule has 2 aromatic heterocycles. The fourth-order valence-corrected chi connectivity index (χ4v) is 10.8. The molecule has 2 aromatic carbocycles. The van der Waals surface area contributed by atoms with Gasteiger partial charge in [-0.1, -0.05) is 37.3 Å². The van der Waals surface area contributed by atoms with Gasteiger partial charge in [-0.05, 0) is 92.7 Å². The van der Waals surface area contributed by atoms with E-state index in [2.05, 4.69) is 31.9 Å². The van der Waals surface area contributed by atoms with Crippen molar-refractivity contribution in [2.75, 3.05) is 32.9 Å². The standard InChI is InChI=1S/C45H48FN7O9.C9H13N3O3/c1-3-26-28-16-35-40-29(20-53(35)42(58)30(28)21-61-43(26)59)39-32(12-11-27-24(2)31(46)17-33(51-40)38(27)39)52-44(60)45(13-7-8-14-45)62-23-49-36(55)19-48-41(57)34(50-37(56)18-47-22-54)15-25-9-5-4-6-10-25;1-2-11-9(15)6(5-10)12-7(13)3-4-8(12)14/h4-6,9-10,16-17,22,26,32,34H,3,7-8,11-15,18-21,23H2,1-2H3,(H,47,54)(H,48,57)(H,49,55)(H,50,56)(H,52,60);3-4,6H,2,5,10H2,1H3,(H,11,15). The summed E-state index contributed by atoms with van der Waals surface area (Å²) in [7, 11) is 0. The van der Waals surface area contributed by atoms with Crippen molar-refractivity contribution < 1.29 is 57.0 Å². The highest BCUT2D eigenvalue weighted by Crippen LogP contribution is 2.46. The molecule has 2 aliphatic carbocycles. The Hall–Kier alpha value is -8.18. The average molecular weight is 1060 g/mol. The number of ether oxygens (including phenoxy) is 2. The third kappa shape index (κ3) is 11.4. The highest BCUT2D eigenvalue weighted by molar-refractivity contribution is 6.15. The molecular weight excluding hydrogens is 1000 g/mol. The lowest BCUT2D eigenvalue weighted by Crippen LogP contribution is -2.53. The van der Waals surface area contributed by atoms with Gasteiger partial charge in [-0.2, -0.15) is 0 Å². The quantitative estimate of drug-likeness (QED) is 0.0262. The van der Waals surface area contributed by atoms with Crippen LogP contribution in [0.2, 0.25) is 0 Å². The highest BCUT2D eigenvalue weighted by atomic mass is 19.1. The van der Waals surface area contributed by atoms with Gasteiger partial charge in [-0.25, -0.2) is 9.37 Å².